The second kappa shape index (κ2) is 8.52. The molecule has 168 valence electrons. The lowest BCUT2D eigenvalue weighted by molar-refractivity contribution is -0.277. The Morgan fingerprint density at radius 3 is 2.55 bits per heavy atom. The molecule has 0 aromatic heterocycles. The van der Waals surface area contributed by atoms with Crippen molar-refractivity contribution < 1.29 is 36.9 Å². The minimum Gasteiger partial charge on any atom is -0.493 e. The fraction of sp³-hybridized carbons (Fsp3) is 0.300. The van der Waals surface area contributed by atoms with Crippen molar-refractivity contribution in [3.05, 3.63) is 58.1 Å². The third-order valence-corrected chi connectivity index (χ3v) is 5.12. The van der Waals surface area contributed by atoms with Crippen LogP contribution in [-0.2, 0) is 0 Å². The highest BCUT2D eigenvalue weighted by atomic mass is 35.5. The van der Waals surface area contributed by atoms with E-state index in [9.17, 15) is 32.2 Å². The summed E-state index contributed by atoms with van der Waals surface area (Å²) >= 11 is 5.84. The molecule has 5 nitrogen and oxygen atoms in total. The van der Waals surface area contributed by atoms with Crippen molar-refractivity contribution in [3.8, 4) is 5.75 Å². The molecule has 11 heteroatoms. The monoisotopic (exact) mass is 464 g/mol. The molecule has 0 spiro atoms. The molecule has 0 saturated carbocycles. The molecule has 1 aliphatic rings. The van der Waals surface area contributed by atoms with Gasteiger partial charge in [0.1, 0.15) is 5.82 Å². The maximum Gasteiger partial charge on any atom is 0.421 e. The van der Waals surface area contributed by atoms with Crippen molar-refractivity contribution in [2.24, 2.45) is 0 Å². The van der Waals surface area contributed by atoms with Gasteiger partial charge in [0.25, 0.3) is 0 Å². The fourth-order valence-corrected chi connectivity index (χ4v) is 3.59. The molecule has 0 radical (unpaired) electrons. The van der Waals surface area contributed by atoms with E-state index in [0.717, 1.165) is 31.4 Å². The van der Waals surface area contributed by atoms with Crippen LogP contribution >= 0.6 is 11.6 Å². The first-order chi connectivity index (χ1) is 14.5. The predicted octanol–water partition coefficient (Wildman–Crippen LogP) is 4.50. The number of anilines is 2. The molecule has 2 unspecified atom stereocenters. The van der Waals surface area contributed by atoms with Crippen LogP contribution in [0.1, 0.15) is 17.2 Å². The van der Waals surface area contributed by atoms with Crippen LogP contribution in [0.5, 0.6) is 5.75 Å². The Kier molecular flexibility index (Phi) is 6.35. The van der Waals surface area contributed by atoms with Crippen molar-refractivity contribution in [1.29, 1.82) is 0 Å². The topological polar surface area (TPSA) is 73.8 Å². The summed E-state index contributed by atoms with van der Waals surface area (Å²) in [5, 5.41) is 25.1. The molecule has 0 amide bonds. The normalized spacial score (nSPS) is 16.2. The third kappa shape index (κ3) is 4.28. The van der Waals surface area contributed by atoms with E-state index in [1.807, 2.05) is 0 Å². The minimum absolute atomic E-state index is 0.137. The van der Waals surface area contributed by atoms with Crippen LogP contribution in [0, 0.1) is 11.6 Å². The first-order valence-electron chi connectivity index (χ1n) is 8.95. The first-order valence-corrected chi connectivity index (χ1v) is 9.33. The number of ether oxygens (including phenoxy) is 1. The zero-order valence-electron chi connectivity index (χ0n) is 16.0. The first kappa shape index (κ1) is 23.1. The summed E-state index contributed by atoms with van der Waals surface area (Å²) in [7, 11) is 1.02. The fourth-order valence-electron chi connectivity index (χ4n) is 3.37. The smallest absolute Gasteiger partial charge is 0.421 e. The van der Waals surface area contributed by atoms with E-state index in [1.54, 1.807) is 12.2 Å². The van der Waals surface area contributed by atoms with Crippen molar-refractivity contribution in [3.63, 3.8) is 0 Å². The largest absolute Gasteiger partial charge is 0.493 e. The highest BCUT2D eigenvalue weighted by molar-refractivity contribution is 6.30. The molecule has 3 rings (SSSR count). The second-order valence-corrected chi connectivity index (χ2v) is 7.30. The quantitative estimate of drug-likeness (QED) is 0.474. The van der Waals surface area contributed by atoms with Crippen molar-refractivity contribution in [2.75, 3.05) is 30.9 Å². The van der Waals surface area contributed by atoms with Gasteiger partial charge in [-0.2, -0.15) is 13.2 Å². The second-order valence-electron chi connectivity index (χ2n) is 6.87. The van der Waals surface area contributed by atoms with Crippen LogP contribution in [0.25, 0.3) is 6.08 Å². The summed E-state index contributed by atoms with van der Waals surface area (Å²) in [4.78, 5) is 0. The van der Waals surface area contributed by atoms with Gasteiger partial charge in [-0.3, -0.25) is 0 Å². The zero-order valence-corrected chi connectivity index (χ0v) is 16.8. The average molecular weight is 465 g/mol. The van der Waals surface area contributed by atoms with E-state index in [0.29, 0.717) is 17.8 Å². The third-order valence-electron chi connectivity index (χ3n) is 4.90. The summed E-state index contributed by atoms with van der Waals surface area (Å²) in [6.45, 7) is -1.41. The van der Waals surface area contributed by atoms with Gasteiger partial charge < -0.3 is 25.6 Å². The number of hydrogen-bond acceptors (Lipinski definition) is 5. The summed E-state index contributed by atoms with van der Waals surface area (Å²) in [6.07, 6.45) is -2.17. The standard InChI is InChI=1S/C20H18ClF5N2O3/c1-31-17-13(5-10(21)6-14(17)23)18(19(30,9-29)20(24,25)26)28-16-8-11(22)7-15-12(16)3-2-4-27-15/h2-3,5-8,18,27-30H,4,9H2,1H3. The minimum atomic E-state index is -5.37. The van der Waals surface area contributed by atoms with E-state index in [4.69, 9.17) is 16.3 Å². The maximum atomic E-state index is 14.4. The van der Waals surface area contributed by atoms with Gasteiger partial charge in [-0.15, -0.1) is 0 Å². The van der Waals surface area contributed by atoms with Gasteiger partial charge in [0, 0.05) is 34.1 Å². The molecule has 0 bridgehead atoms. The molecule has 0 aliphatic carbocycles. The lowest BCUT2D eigenvalue weighted by Gasteiger charge is -2.38. The van der Waals surface area contributed by atoms with E-state index in [-0.39, 0.29) is 10.7 Å². The number of methoxy groups -OCH3 is 1. The number of rotatable bonds is 6. The molecule has 2 atom stereocenters. The van der Waals surface area contributed by atoms with E-state index < -0.39 is 47.4 Å². The van der Waals surface area contributed by atoms with Crippen LogP contribution < -0.4 is 15.4 Å². The molecular weight excluding hydrogens is 447 g/mol. The van der Waals surface area contributed by atoms with Gasteiger partial charge in [0.05, 0.1) is 19.8 Å². The Balaban J connectivity index is 2.26. The predicted molar refractivity (Wildman–Crippen MR) is 106 cm³/mol. The zero-order chi connectivity index (χ0) is 23.0. The number of aliphatic hydroxyl groups excluding tert-OH is 1. The van der Waals surface area contributed by atoms with E-state index >= 15 is 0 Å². The summed E-state index contributed by atoms with van der Waals surface area (Å²) in [5.74, 6) is -2.48. The van der Waals surface area contributed by atoms with E-state index in [1.165, 1.54) is 0 Å². The van der Waals surface area contributed by atoms with Crippen molar-refractivity contribution in [1.82, 2.24) is 0 Å². The highest BCUT2D eigenvalue weighted by Gasteiger charge is 2.60. The number of benzene rings is 2. The number of alkyl halides is 3. The van der Waals surface area contributed by atoms with Gasteiger partial charge in [-0.25, -0.2) is 8.78 Å². The van der Waals surface area contributed by atoms with Crippen molar-refractivity contribution in [2.45, 2.75) is 17.8 Å². The number of fused-ring (bicyclic) bond motifs is 1. The lowest BCUT2D eigenvalue weighted by Crippen LogP contribution is -2.55. The van der Waals surface area contributed by atoms with Crippen LogP contribution in [-0.4, -0.2) is 42.3 Å². The molecule has 2 aromatic rings. The Bertz CT molecular complexity index is 1020. The Hall–Kier alpha value is -2.56. The van der Waals surface area contributed by atoms with Crippen LogP contribution in [0.4, 0.5) is 33.3 Å². The van der Waals surface area contributed by atoms with Crippen LogP contribution in [0.2, 0.25) is 5.02 Å². The molecule has 4 N–H and O–H groups in total. The highest BCUT2D eigenvalue weighted by Crippen LogP contribution is 2.46. The molecule has 2 aromatic carbocycles. The molecule has 0 saturated heterocycles. The summed E-state index contributed by atoms with van der Waals surface area (Å²) < 4.78 is 75.1. The molecule has 0 fully saturated rings. The molecule has 31 heavy (non-hydrogen) atoms. The summed E-state index contributed by atoms with van der Waals surface area (Å²) in [6, 6.07) is 1.64. The Labute approximate surface area is 179 Å². The SMILES string of the molecule is COc1c(F)cc(Cl)cc1C(Nc1cc(F)cc2c1C=CCN2)C(O)(CO)C(F)(F)F. The Morgan fingerprint density at radius 1 is 1.23 bits per heavy atom. The van der Waals surface area contributed by atoms with E-state index in [2.05, 4.69) is 10.6 Å². The van der Waals surface area contributed by atoms with Gasteiger partial charge in [-0.1, -0.05) is 23.8 Å². The number of aliphatic hydroxyl groups is 2. The number of nitrogens with one attached hydrogen (secondary N) is 2. The van der Waals surface area contributed by atoms with Gasteiger partial charge >= 0.3 is 6.18 Å². The molecule has 1 aliphatic heterocycles. The van der Waals surface area contributed by atoms with Crippen LogP contribution in [0.15, 0.2) is 30.3 Å². The number of halogens is 6. The molecule has 1 heterocycles. The molecular formula is C20H18ClF5N2O3. The van der Waals surface area contributed by atoms with Gasteiger partial charge in [-0.05, 0) is 24.3 Å². The summed E-state index contributed by atoms with van der Waals surface area (Å²) in [5.41, 5.74) is -3.86. The van der Waals surface area contributed by atoms with Gasteiger partial charge in [0.15, 0.2) is 11.6 Å². The van der Waals surface area contributed by atoms with Gasteiger partial charge in [0.2, 0.25) is 5.60 Å². The Morgan fingerprint density at radius 2 is 1.94 bits per heavy atom. The lowest BCUT2D eigenvalue weighted by atomic mass is 9.87. The maximum absolute atomic E-state index is 14.4. The average Bonchev–Trinajstić information content (AvgIpc) is 2.69. The van der Waals surface area contributed by atoms with Crippen molar-refractivity contribution >= 4 is 29.1 Å². The number of hydrogen-bond donors (Lipinski definition) is 4. The van der Waals surface area contributed by atoms with Crippen LogP contribution in [0.3, 0.4) is 0 Å².